The van der Waals surface area contributed by atoms with Gasteiger partial charge in [0.1, 0.15) is 5.69 Å². The van der Waals surface area contributed by atoms with E-state index in [4.69, 9.17) is 4.98 Å². The number of thiazole rings is 1. The Hall–Kier alpha value is -1.92. The van der Waals surface area contributed by atoms with Crippen molar-refractivity contribution in [2.75, 3.05) is 29.5 Å². The number of hydrogen-bond donors (Lipinski definition) is 1. The number of aromatic nitrogens is 1. The Morgan fingerprint density at radius 2 is 2.10 bits per heavy atom. The quantitative estimate of drug-likeness (QED) is 0.784. The zero-order valence-electron chi connectivity index (χ0n) is 17.2. The number of aliphatic hydroxyl groups is 1. The Morgan fingerprint density at radius 3 is 2.93 bits per heavy atom. The van der Waals surface area contributed by atoms with Crippen LogP contribution in [0.25, 0.3) is 0 Å². The van der Waals surface area contributed by atoms with Gasteiger partial charge in [-0.05, 0) is 56.1 Å². The maximum atomic E-state index is 13.5. The molecule has 0 bridgehead atoms. The third-order valence-corrected chi connectivity index (χ3v) is 7.35. The fourth-order valence-electron chi connectivity index (χ4n) is 4.70. The number of anilines is 2. The third-order valence-electron chi connectivity index (χ3n) is 6.45. The Labute approximate surface area is 177 Å². The van der Waals surface area contributed by atoms with Gasteiger partial charge >= 0.3 is 0 Å². The molecule has 0 saturated carbocycles. The predicted octanol–water partition coefficient (Wildman–Crippen LogP) is 4.50. The topological polar surface area (TPSA) is 56.7 Å². The highest BCUT2D eigenvalue weighted by molar-refractivity contribution is 7.14. The lowest BCUT2D eigenvalue weighted by molar-refractivity contribution is 0.0964. The van der Waals surface area contributed by atoms with Gasteiger partial charge < -0.3 is 14.9 Å². The number of benzene rings is 1. The molecule has 1 saturated heterocycles. The van der Waals surface area contributed by atoms with Crippen LogP contribution >= 0.6 is 11.3 Å². The van der Waals surface area contributed by atoms with Crippen molar-refractivity contribution in [1.82, 2.24) is 4.98 Å². The lowest BCUT2D eigenvalue weighted by atomic mass is 9.93. The van der Waals surface area contributed by atoms with Crippen LogP contribution in [-0.4, -0.2) is 41.7 Å². The monoisotopic (exact) mass is 413 g/mol. The largest absolute Gasteiger partial charge is 0.396 e. The van der Waals surface area contributed by atoms with Crippen molar-refractivity contribution < 1.29 is 9.90 Å². The van der Waals surface area contributed by atoms with E-state index >= 15 is 0 Å². The van der Waals surface area contributed by atoms with Gasteiger partial charge in [0.15, 0.2) is 5.13 Å². The number of amides is 1. The second-order valence-corrected chi connectivity index (χ2v) is 9.05. The Morgan fingerprint density at radius 1 is 1.24 bits per heavy atom. The molecule has 0 aliphatic carbocycles. The van der Waals surface area contributed by atoms with E-state index in [0.717, 1.165) is 42.7 Å². The van der Waals surface area contributed by atoms with Crippen LogP contribution in [0.3, 0.4) is 0 Å². The molecule has 4 rings (SSSR count). The Bertz CT molecular complexity index is 837. The van der Waals surface area contributed by atoms with Gasteiger partial charge in [0, 0.05) is 36.8 Å². The number of fused-ring (bicyclic) bond motifs is 1. The molecule has 1 aromatic heterocycles. The zero-order valence-corrected chi connectivity index (χ0v) is 18.0. The van der Waals surface area contributed by atoms with Crippen LogP contribution in [-0.2, 0) is 6.42 Å². The second kappa shape index (κ2) is 9.26. The lowest BCUT2D eigenvalue weighted by Gasteiger charge is -2.36. The van der Waals surface area contributed by atoms with Crippen LogP contribution in [0.2, 0.25) is 0 Å². The molecule has 2 aliphatic heterocycles. The van der Waals surface area contributed by atoms with Crippen molar-refractivity contribution in [3.8, 4) is 0 Å². The molecule has 156 valence electrons. The van der Waals surface area contributed by atoms with Crippen molar-refractivity contribution >= 4 is 28.1 Å². The Balaban J connectivity index is 1.56. The summed E-state index contributed by atoms with van der Waals surface area (Å²) in [6.45, 7) is 4.42. The number of para-hydroxylation sites is 1. The minimum atomic E-state index is -0.0423. The number of carbonyl (C=O) groups is 1. The van der Waals surface area contributed by atoms with Gasteiger partial charge in [-0.25, -0.2) is 4.98 Å². The van der Waals surface area contributed by atoms with E-state index in [1.54, 1.807) is 11.3 Å². The van der Waals surface area contributed by atoms with E-state index in [1.165, 1.54) is 31.2 Å². The highest BCUT2D eigenvalue weighted by Crippen LogP contribution is 2.34. The van der Waals surface area contributed by atoms with E-state index in [0.29, 0.717) is 12.1 Å². The van der Waals surface area contributed by atoms with Crippen LogP contribution in [0.5, 0.6) is 0 Å². The molecule has 1 aromatic carbocycles. The summed E-state index contributed by atoms with van der Waals surface area (Å²) in [7, 11) is 0. The highest BCUT2D eigenvalue weighted by atomic mass is 32.1. The number of aliphatic hydroxyl groups excluding tert-OH is 1. The summed E-state index contributed by atoms with van der Waals surface area (Å²) in [5.41, 5.74) is 2.70. The van der Waals surface area contributed by atoms with Crippen molar-refractivity contribution in [2.24, 2.45) is 5.92 Å². The van der Waals surface area contributed by atoms with E-state index in [2.05, 4.69) is 17.9 Å². The molecule has 2 aliphatic rings. The standard InChI is InChI=1S/C23H31N3O2S/c1-2-17-6-5-13-25(14-11-17)23-24-20(16-29-23)22(28)26-19(12-15-27)10-9-18-7-3-4-8-21(18)26/h3-4,7-8,16-17,19,27H,2,5-6,9-15H2,1H3. The first-order chi connectivity index (χ1) is 14.2. The van der Waals surface area contributed by atoms with Gasteiger partial charge in [-0.3, -0.25) is 4.79 Å². The SMILES string of the molecule is CCC1CCCN(c2nc(C(=O)N3c4ccccc4CCC3CCO)cs2)CC1. The maximum Gasteiger partial charge on any atom is 0.278 e. The van der Waals surface area contributed by atoms with Crippen LogP contribution < -0.4 is 9.80 Å². The first kappa shape index (κ1) is 20.4. The van der Waals surface area contributed by atoms with Crippen molar-refractivity contribution in [3.63, 3.8) is 0 Å². The summed E-state index contributed by atoms with van der Waals surface area (Å²) in [5, 5.41) is 12.4. The van der Waals surface area contributed by atoms with Crippen molar-refractivity contribution in [1.29, 1.82) is 0 Å². The fraction of sp³-hybridized carbons (Fsp3) is 0.565. The van der Waals surface area contributed by atoms with Gasteiger partial charge in [0.25, 0.3) is 5.91 Å². The zero-order chi connectivity index (χ0) is 20.2. The van der Waals surface area contributed by atoms with E-state index in [9.17, 15) is 9.90 Å². The molecule has 0 radical (unpaired) electrons. The fourth-order valence-corrected chi connectivity index (χ4v) is 5.55. The summed E-state index contributed by atoms with van der Waals surface area (Å²) in [4.78, 5) is 22.5. The molecule has 1 N–H and O–H groups in total. The number of aryl methyl sites for hydroxylation is 1. The van der Waals surface area contributed by atoms with Crippen molar-refractivity contribution in [2.45, 2.75) is 57.9 Å². The van der Waals surface area contributed by atoms with Gasteiger partial charge in [-0.1, -0.05) is 31.5 Å². The predicted molar refractivity (Wildman–Crippen MR) is 119 cm³/mol. The first-order valence-corrected chi connectivity index (χ1v) is 11.8. The van der Waals surface area contributed by atoms with Crippen LogP contribution in [0.1, 0.15) is 61.5 Å². The van der Waals surface area contributed by atoms with E-state index in [1.807, 2.05) is 28.5 Å². The molecular weight excluding hydrogens is 382 g/mol. The molecule has 1 amide bonds. The first-order valence-electron chi connectivity index (χ1n) is 10.9. The summed E-state index contributed by atoms with van der Waals surface area (Å²) in [6, 6.07) is 8.14. The summed E-state index contributed by atoms with van der Waals surface area (Å²) in [5.74, 6) is 0.768. The average Bonchev–Trinajstić information content (AvgIpc) is 3.12. The third kappa shape index (κ3) is 4.33. The molecule has 1 fully saturated rings. The Kier molecular flexibility index (Phi) is 6.50. The van der Waals surface area contributed by atoms with Gasteiger partial charge in [0.2, 0.25) is 0 Å². The van der Waals surface area contributed by atoms with Crippen LogP contribution in [0.15, 0.2) is 29.6 Å². The molecular formula is C23H31N3O2S. The van der Waals surface area contributed by atoms with E-state index < -0.39 is 0 Å². The number of rotatable bonds is 5. The molecule has 2 unspecified atom stereocenters. The van der Waals surface area contributed by atoms with Crippen molar-refractivity contribution in [3.05, 3.63) is 40.9 Å². The highest BCUT2D eigenvalue weighted by Gasteiger charge is 2.32. The molecule has 2 aromatic rings. The minimum Gasteiger partial charge on any atom is -0.396 e. The lowest BCUT2D eigenvalue weighted by Crippen LogP contribution is -2.44. The number of nitrogens with zero attached hydrogens (tertiary/aromatic N) is 3. The smallest absolute Gasteiger partial charge is 0.278 e. The number of carbonyl (C=O) groups excluding carboxylic acids is 1. The molecule has 6 heteroatoms. The normalized spacial score (nSPS) is 22.3. The molecule has 2 atom stereocenters. The molecule has 29 heavy (non-hydrogen) atoms. The van der Waals surface area contributed by atoms with Gasteiger partial charge in [-0.2, -0.15) is 0 Å². The van der Waals surface area contributed by atoms with Gasteiger partial charge in [-0.15, -0.1) is 11.3 Å². The van der Waals surface area contributed by atoms with Gasteiger partial charge in [0.05, 0.1) is 0 Å². The van der Waals surface area contributed by atoms with Crippen LogP contribution in [0.4, 0.5) is 10.8 Å². The van der Waals surface area contributed by atoms with E-state index in [-0.39, 0.29) is 18.6 Å². The molecule has 0 spiro atoms. The number of hydrogen-bond acceptors (Lipinski definition) is 5. The second-order valence-electron chi connectivity index (χ2n) is 8.22. The average molecular weight is 414 g/mol. The summed E-state index contributed by atoms with van der Waals surface area (Å²) >= 11 is 1.58. The summed E-state index contributed by atoms with van der Waals surface area (Å²) in [6.07, 6.45) is 7.36. The maximum absolute atomic E-state index is 13.5. The molecule has 3 heterocycles. The van der Waals surface area contributed by atoms with Crippen LogP contribution in [0, 0.1) is 5.92 Å². The minimum absolute atomic E-state index is 0.0241. The summed E-state index contributed by atoms with van der Waals surface area (Å²) < 4.78 is 0. The molecule has 5 nitrogen and oxygen atoms in total.